The first-order valence-corrected chi connectivity index (χ1v) is 11.1. The van der Waals surface area contributed by atoms with Crippen LogP contribution in [-0.2, 0) is 4.79 Å². The molecule has 4 heterocycles. The lowest BCUT2D eigenvalue weighted by Gasteiger charge is -2.37. The summed E-state index contributed by atoms with van der Waals surface area (Å²) >= 11 is 1.12. The van der Waals surface area contributed by atoms with Crippen molar-refractivity contribution in [2.24, 2.45) is 0 Å². The number of fused-ring (bicyclic) bond motifs is 2. The number of rotatable bonds is 4. The van der Waals surface area contributed by atoms with E-state index in [2.05, 4.69) is 19.8 Å². The van der Waals surface area contributed by atoms with Gasteiger partial charge in [0.25, 0.3) is 0 Å². The van der Waals surface area contributed by atoms with Crippen LogP contribution in [0.1, 0.15) is 24.8 Å². The molecule has 2 aliphatic heterocycles. The molecule has 0 unspecified atom stereocenters. The van der Waals surface area contributed by atoms with Gasteiger partial charge < -0.3 is 20.0 Å². The van der Waals surface area contributed by atoms with Gasteiger partial charge in [-0.2, -0.15) is 4.73 Å². The van der Waals surface area contributed by atoms with Gasteiger partial charge in [0.05, 0.1) is 16.3 Å². The van der Waals surface area contributed by atoms with Crippen LogP contribution >= 0.6 is 11.3 Å². The molecular weight excluding hydrogens is 461 g/mol. The second kappa shape index (κ2) is 8.03. The first-order valence-electron chi connectivity index (χ1n) is 10.3. The second-order valence-corrected chi connectivity index (χ2v) is 9.05. The molecule has 0 spiro atoms. The summed E-state index contributed by atoms with van der Waals surface area (Å²) in [5.41, 5.74) is 1.10. The zero-order chi connectivity index (χ0) is 23.3. The summed E-state index contributed by atoms with van der Waals surface area (Å²) < 4.78 is 51.1. The molecule has 1 amide bonds. The average Bonchev–Trinajstić information content (AvgIpc) is 3.28. The first kappa shape index (κ1) is 21.7. The zero-order valence-electron chi connectivity index (χ0n) is 17.3. The number of ether oxygens (including phenoxy) is 2. The number of hydrogen-bond donors (Lipinski definition) is 1. The molecule has 0 saturated carbocycles. The summed E-state index contributed by atoms with van der Waals surface area (Å²) in [7, 11) is 0. The summed E-state index contributed by atoms with van der Waals surface area (Å²) in [6.07, 6.45) is -1.85. The Hall–Kier alpha value is -3.12. The number of nitrogens with one attached hydrogen (secondary N) is 1. The maximum Gasteiger partial charge on any atom is 0.586 e. The number of benzene rings is 1. The molecule has 3 aromatic rings. The van der Waals surface area contributed by atoms with Gasteiger partial charge >= 0.3 is 6.29 Å². The fourth-order valence-corrected chi connectivity index (χ4v) is 4.97. The Morgan fingerprint density at radius 3 is 2.76 bits per heavy atom. The Morgan fingerprint density at radius 2 is 2.03 bits per heavy atom. The van der Waals surface area contributed by atoms with Crippen LogP contribution < -0.4 is 19.5 Å². The maximum absolute atomic E-state index is 14.6. The van der Waals surface area contributed by atoms with Gasteiger partial charge in [0.15, 0.2) is 29.0 Å². The Bertz CT molecular complexity index is 1160. The Balaban J connectivity index is 1.28. The molecule has 0 bridgehead atoms. The number of carbonyl (C=O) groups excluding carboxylic acids is 1. The van der Waals surface area contributed by atoms with Gasteiger partial charge in [0.1, 0.15) is 6.17 Å². The number of halogens is 3. The lowest BCUT2D eigenvalue weighted by atomic mass is 9.89. The van der Waals surface area contributed by atoms with E-state index >= 15 is 0 Å². The fourth-order valence-electron chi connectivity index (χ4n) is 4.09. The molecule has 1 saturated heterocycles. The van der Waals surface area contributed by atoms with Crippen molar-refractivity contribution in [2.75, 3.05) is 18.4 Å². The summed E-state index contributed by atoms with van der Waals surface area (Å²) in [6, 6.07) is 5.37. The number of carbonyl (C=O) groups is 1. The maximum atomic E-state index is 14.6. The highest BCUT2D eigenvalue weighted by atomic mass is 32.1. The van der Waals surface area contributed by atoms with Crippen LogP contribution in [0.5, 0.6) is 11.5 Å². The van der Waals surface area contributed by atoms with Crippen molar-refractivity contribution in [1.82, 2.24) is 9.88 Å². The topological polar surface area (TPSA) is 90.6 Å². The van der Waals surface area contributed by atoms with Gasteiger partial charge in [-0.25, -0.2) is 9.37 Å². The SMILES string of the molecule is C[C@@H](C(=O)Nc1nc2cc3c(cc2s1)OC(F)(F)O3)N1CC[C@H](F)[C@H](c2cc[n+]([O-])cc2)C1. The minimum absolute atomic E-state index is 0.0917. The number of aromatic nitrogens is 2. The van der Waals surface area contributed by atoms with Crippen LogP contribution in [0, 0.1) is 5.21 Å². The monoisotopic (exact) mass is 480 g/mol. The van der Waals surface area contributed by atoms with E-state index in [0.29, 0.717) is 38.7 Å². The standard InChI is InChI=1S/C21H19F3N4O4S/c1-11(27-5-4-14(22)13(10-27)12-2-6-28(30)7-3-12)19(29)26-20-25-15-8-16-17(9-18(15)33-20)32-21(23,24)31-16/h2-3,6-9,11,13-14H,4-5,10H2,1H3,(H,25,26,29)/t11-,13-,14-/m0/s1. The van der Waals surface area contributed by atoms with Gasteiger partial charge in [-0.3, -0.25) is 9.69 Å². The molecule has 3 atom stereocenters. The number of pyridine rings is 1. The molecule has 1 N–H and O–H groups in total. The third-order valence-corrected chi connectivity index (χ3v) is 6.82. The van der Waals surface area contributed by atoms with Gasteiger partial charge in [0, 0.05) is 43.3 Å². The number of piperidine rings is 1. The van der Waals surface area contributed by atoms with Crippen LogP contribution in [0.2, 0.25) is 0 Å². The highest BCUT2D eigenvalue weighted by Gasteiger charge is 2.43. The fraction of sp³-hybridized carbons (Fsp3) is 0.381. The van der Waals surface area contributed by atoms with Gasteiger partial charge in [-0.1, -0.05) is 11.3 Å². The number of hydrogen-bond acceptors (Lipinski definition) is 7. The van der Waals surface area contributed by atoms with Gasteiger partial charge in [-0.05, 0) is 18.9 Å². The molecule has 1 fully saturated rings. The summed E-state index contributed by atoms with van der Waals surface area (Å²) in [4.78, 5) is 19.0. The molecule has 0 aliphatic carbocycles. The normalized spacial score (nSPS) is 22.9. The van der Waals surface area contributed by atoms with Crippen molar-refractivity contribution < 1.29 is 32.2 Å². The van der Waals surface area contributed by atoms with E-state index in [4.69, 9.17) is 0 Å². The van der Waals surface area contributed by atoms with E-state index in [1.54, 1.807) is 19.1 Å². The average molecular weight is 480 g/mol. The van der Waals surface area contributed by atoms with Crippen LogP contribution in [0.25, 0.3) is 10.2 Å². The molecular formula is C21H19F3N4O4S. The highest BCUT2D eigenvalue weighted by Crippen LogP contribution is 2.44. The lowest BCUT2D eigenvalue weighted by Crippen LogP contribution is -2.49. The van der Waals surface area contributed by atoms with Crippen molar-refractivity contribution >= 4 is 32.6 Å². The number of amides is 1. The molecule has 2 aliphatic rings. The second-order valence-electron chi connectivity index (χ2n) is 8.02. The van der Waals surface area contributed by atoms with Gasteiger partial charge in [0.2, 0.25) is 5.91 Å². The summed E-state index contributed by atoms with van der Waals surface area (Å²) in [5, 5.41) is 14.3. The molecule has 0 radical (unpaired) electrons. The molecule has 2 aromatic heterocycles. The molecule has 8 nitrogen and oxygen atoms in total. The van der Waals surface area contributed by atoms with Crippen molar-refractivity contribution in [3.05, 3.63) is 47.4 Å². The van der Waals surface area contributed by atoms with Crippen molar-refractivity contribution in [3.63, 3.8) is 0 Å². The number of thiazole rings is 1. The number of alkyl halides is 3. The number of nitrogens with zero attached hydrogens (tertiary/aromatic N) is 3. The first-order chi connectivity index (χ1) is 15.7. The minimum atomic E-state index is -3.71. The largest absolute Gasteiger partial charge is 0.619 e. The van der Waals surface area contributed by atoms with E-state index in [-0.39, 0.29) is 23.8 Å². The van der Waals surface area contributed by atoms with Gasteiger partial charge in [-0.15, -0.1) is 8.78 Å². The Labute approximate surface area is 190 Å². The minimum Gasteiger partial charge on any atom is -0.619 e. The summed E-state index contributed by atoms with van der Waals surface area (Å²) in [5.74, 6) is -0.973. The van der Waals surface area contributed by atoms with Crippen LogP contribution in [-0.4, -0.2) is 47.4 Å². The smallest absolute Gasteiger partial charge is 0.586 e. The molecule has 174 valence electrons. The molecule has 5 rings (SSSR count). The predicted molar refractivity (Wildman–Crippen MR) is 113 cm³/mol. The van der Waals surface area contributed by atoms with Crippen molar-refractivity contribution in [2.45, 2.75) is 37.8 Å². The van der Waals surface area contributed by atoms with Crippen LogP contribution in [0.15, 0.2) is 36.7 Å². The van der Waals surface area contributed by atoms with Crippen LogP contribution in [0.4, 0.5) is 18.3 Å². The quantitative estimate of drug-likeness (QED) is 0.455. The van der Waals surface area contributed by atoms with Crippen LogP contribution in [0.3, 0.4) is 0 Å². The zero-order valence-corrected chi connectivity index (χ0v) is 18.2. The number of anilines is 1. The van der Waals surface area contributed by atoms with Crippen molar-refractivity contribution in [3.8, 4) is 11.5 Å². The molecule has 1 aromatic carbocycles. The lowest BCUT2D eigenvalue weighted by molar-refractivity contribution is -0.605. The number of likely N-dealkylation sites (tertiary alicyclic amines) is 1. The highest BCUT2D eigenvalue weighted by molar-refractivity contribution is 7.22. The van der Waals surface area contributed by atoms with E-state index in [9.17, 15) is 23.2 Å². The van der Waals surface area contributed by atoms with E-state index in [1.165, 1.54) is 24.5 Å². The Kier molecular flexibility index (Phi) is 5.28. The van der Waals surface area contributed by atoms with E-state index in [0.717, 1.165) is 11.3 Å². The third kappa shape index (κ3) is 4.27. The third-order valence-electron chi connectivity index (χ3n) is 5.88. The van der Waals surface area contributed by atoms with E-state index < -0.39 is 24.4 Å². The molecule has 33 heavy (non-hydrogen) atoms. The summed E-state index contributed by atoms with van der Waals surface area (Å²) in [6.45, 7) is 2.47. The molecule has 12 heteroatoms. The van der Waals surface area contributed by atoms with Crippen molar-refractivity contribution in [1.29, 1.82) is 0 Å². The predicted octanol–water partition coefficient (Wildman–Crippen LogP) is 3.41. The Morgan fingerprint density at radius 1 is 1.33 bits per heavy atom. The van der Waals surface area contributed by atoms with E-state index in [1.807, 2.05) is 4.90 Å².